The van der Waals surface area contributed by atoms with Crippen LogP contribution in [0.5, 0.6) is 0 Å². The number of allylic oxidation sites excluding steroid dienone is 4. The molecular formula is C36H56N6. The maximum atomic E-state index is 6.36. The molecule has 0 bridgehead atoms. The molecule has 2 aliphatic heterocycles. The van der Waals surface area contributed by atoms with Gasteiger partial charge >= 0.3 is 0 Å². The second kappa shape index (κ2) is 17.5. The molecule has 2 aromatic rings. The van der Waals surface area contributed by atoms with E-state index in [2.05, 4.69) is 109 Å². The highest BCUT2D eigenvalue weighted by molar-refractivity contribution is 5.67. The summed E-state index contributed by atoms with van der Waals surface area (Å²) in [5, 5.41) is 1.80. The Kier molecular flexibility index (Phi) is 14.4. The van der Waals surface area contributed by atoms with Crippen LogP contribution in [0, 0.1) is 13.8 Å². The van der Waals surface area contributed by atoms with E-state index in [1.807, 2.05) is 13.8 Å². The number of anilines is 2. The van der Waals surface area contributed by atoms with Gasteiger partial charge in [-0.25, -0.2) is 5.84 Å². The Hall–Kier alpha value is -3.48. The third kappa shape index (κ3) is 9.81. The second-order valence-corrected chi connectivity index (χ2v) is 11.2. The van der Waals surface area contributed by atoms with E-state index in [-0.39, 0.29) is 0 Å². The van der Waals surface area contributed by atoms with Crippen LogP contribution in [0.2, 0.25) is 0 Å². The summed E-state index contributed by atoms with van der Waals surface area (Å²) in [5.41, 5.74) is 15.5. The molecule has 0 unspecified atom stereocenters. The van der Waals surface area contributed by atoms with Crippen LogP contribution in [0.4, 0.5) is 11.4 Å². The Morgan fingerprint density at radius 3 is 1.98 bits per heavy atom. The quantitative estimate of drug-likeness (QED) is 0.194. The van der Waals surface area contributed by atoms with E-state index >= 15 is 0 Å². The minimum Gasteiger partial charge on any atom is -0.375 e. The molecular weight excluding hydrogens is 516 g/mol. The maximum Gasteiger partial charge on any atom is 0.0517 e. The fourth-order valence-corrected chi connectivity index (χ4v) is 5.34. The molecule has 6 heteroatoms. The van der Waals surface area contributed by atoms with Gasteiger partial charge in [0.05, 0.1) is 5.70 Å². The van der Waals surface area contributed by atoms with Crippen LogP contribution in [0.25, 0.3) is 5.70 Å². The zero-order valence-corrected chi connectivity index (χ0v) is 27.3. The highest BCUT2D eigenvalue weighted by Gasteiger charge is 2.20. The minimum absolute atomic E-state index is 0.796. The van der Waals surface area contributed by atoms with E-state index in [4.69, 9.17) is 5.84 Å². The fourth-order valence-electron chi connectivity index (χ4n) is 5.34. The highest BCUT2D eigenvalue weighted by Crippen LogP contribution is 2.28. The monoisotopic (exact) mass is 572 g/mol. The van der Waals surface area contributed by atoms with Gasteiger partial charge in [0.25, 0.3) is 0 Å². The molecule has 2 saturated heterocycles. The number of benzene rings is 2. The van der Waals surface area contributed by atoms with Crippen LogP contribution in [-0.4, -0.2) is 62.8 Å². The van der Waals surface area contributed by atoms with E-state index in [9.17, 15) is 0 Å². The lowest BCUT2D eigenvalue weighted by Crippen LogP contribution is -2.47. The Bertz CT molecular complexity index is 1210. The number of para-hydroxylation sites is 1. The summed E-state index contributed by atoms with van der Waals surface area (Å²) < 4.78 is 0. The predicted octanol–water partition coefficient (Wildman–Crippen LogP) is 6.88. The second-order valence-electron chi connectivity index (χ2n) is 11.2. The molecule has 0 aromatic heterocycles. The van der Waals surface area contributed by atoms with Gasteiger partial charge in [-0.2, -0.15) is 0 Å². The number of hydrogen-bond acceptors (Lipinski definition) is 6. The topological polar surface area (TPSA) is 65.0 Å². The van der Waals surface area contributed by atoms with Gasteiger partial charge in [0.1, 0.15) is 0 Å². The SMILES string of the molecule is C=C(C)/C(C)=C/C.C=C(c1ccc(N2CCN(c3ccccc3C)CC2)c(C)c1)N(N)CCCN1CCCC1=C.CN. The van der Waals surface area contributed by atoms with E-state index < -0.39 is 0 Å². The van der Waals surface area contributed by atoms with Crippen LogP contribution in [0.3, 0.4) is 0 Å². The van der Waals surface area contributed by atoms with E-state index in [0.29, 0.717) is 0 Å². The Morgan fingerprint density at radius 2 is 1.50 bits per heavy atom. The summed E-state index contributed by atoms with van der Waals surface area (Å²) in [7, 11) is 1.50. The number of nitrogens with zero attached hydrogens (tertiary/aromatic N) is 4. The normalized spacial score (nSPS) is 15.0. The van der Waals surface area contributed by atoms with Gasteiger partial charge in [0.2, 0.25) is 0 Å². The predicted molar refractivity (Wildman–Crippen MR) is 186 cm³/mol. The molecule has 2 fully saturated rings. The summed E-state index contributed by atoms with van der Waals surface area (Å²) in [6, 6.07) is 15.3. The molecule has 4 N–H and O–H groups in total. The highest BCUT2D eigenvalue weighted by atomic mass is 15.4. The minimum atomic E-state index is 0.796. The summed E-state index contributed by atoms with van der Waals surface area (Å²) in [5.74, 6) is 6.36. The Labute approximate surface area is 256 Å². The standard InChI is InChI=1S/C28H39N5.C7H12.CH5N/c1-22-9-5-6-11-27(22)31-17-19-32(20-18-31)28-13-12-26(21-23(28)2)25(4)33(29)16-8-15-30-14-7-10-24(30)3;1-5-7(4)6(2)3;1-2/h5-6,9,11-13,21H,3-4,7-8,10,14-20,29H2,1-2H3;5H,2H2,1,3-4H3;2H2,1H3/b;7-5+;. The summed E-state index contributed by atoms with van der Waals surface area (Å²) in [6.07, 6.45) is 5.43. The van der Waals surface area contributed by atoms with Crippen LogP contribution in [0.15, 0.2) is 85.1 Å². The fraction of sp³-hybridized carbons (Fsp3) is 0.444. The Morgan fingerprint density at radius 1 is 0.905 bits per heavy atom. The van der Waals surface area contributed by atoms with Crippen LogP contribution < -0.4 is 21.4 Å². The molecule has 0 radical (unpaired) electrons. The largest absolute Gasteiger partial charge is 0.375 e. The number of hydrogen-bond donors (Lipinski definition) is 2. The molecule has 0 amide bonds. The Balaban J connectivity index is 0.000000601. The third-order valence-corrected chi connectivity index (χ3v) is 8.23. The molecule has 2 aromatic carbocycles. The van der Waals surface area contributed by atoms with Gasteiger partial charge in [-0.05, 0) is 95.8 Å². The number of likely N-dealkylation sites (tertiary alicyclic amines) is 1. The van der Waals surface area contributed by atoms with Gasteiger partial charge < -0.3 is 25.4 Å². The smallest absolute Gasteiger partial charge is 0.0517 e. The lowest BCUT2D eigenvalue weighted by atomic mass is 10.1. The van der Waals surface area contributed by atoms with Crippen molar-refractivity contribution in [2.75, 3.05) is 62.7 Å². The van der Waals surface area contributed by atoms with E-state index in [1.165, 1.54) is 47.2 Å². The van der Waals surface area contributed by atoms with Crippen molar-refractivity contribution in [3.8, 4) is 0 Å². The van der Waals surface area contributed by atoms with Crippen molar-refractivity contribution in [3.63, 3.8) is 0 Å². The molecule has 0 aliphatic carbocycles. The lowest BCUT2D eigenvalue weighted by molar-refractivity contribution is 0.338. The third-order valence-electron chi connectivity index (χ3n) is 8.23. The van der Waals surface area contributed by atoms with Crippen LogP contribution >= 0.6 is 0 Å². The molecule has 230 valence electrons. The molecule has 4 rings (SSSR count). The van der Waals surface area contributed by atoms with Crippen molar-refractivity contribution in [1.29, 1.82) is 0 Å². The van der Waals surface area contributed by atoms with Crippen molar-refractivity contribution in [1.82, 2.24) is 9.91 Å². The van der Waals surface area contributed by atoms with Gasteiger partial charge in [-0.3, -0.25) is 0 Å². The molecule has 0 atom stereocenters. The molecule has 2 aliphatic rings. The van der Waals surface area contributed by atoms with Crippen molar-refractivity contribution in [2.24, 2.45) is 11.6 Å². The number of hydrazine groups is 1. The summed E-state index contributed by atoms with van der Waals surface area (Å²) >= 11 is 0. The van der Waals surface area contributed by atoms with E-state index in [0.717, 1.165) is 75.5 Å². The van der Waals surface area contributed by atoms with Crippen molar-refractivity contribution in [3.05, 3.63) is 102 Å². The molecule has 0 spiro atoms. The molecule has 6 nitrogen and oxygen atoms in total. The van der Waals surface area contributed by atoms with Crippen LogP contribution in [0.1, 0.15) is 56.7 Å². The van der Waals surface area contributed by atoms with Gasteiger partial charge in [-0.15, -0.1) is 0 Å². The zero-order valence-electron chi connectivity index (χ0n) is 27.3. The lowest BCUT2D eigenvalue weighted by Gasteiger charge is -2.38. The van der Waals surface area contributed by atoms with Gasteiger partial charge in [-0.1, -0.05) is 61.2 Å². The van der Waals surface area contributed by atoms with Gasteiger partial charge in [0.15, 0.2) is 0 Å². The van der Waals surface area contributed by atoms with E-state index in [1.54, 1.807) is 5.01 Å². The van der Waals surface area contributed by atoms with Gasteiger partial charge in [0, 0.05) is 62.9 Å². The van der Waals surface area contributed by atoms with Crippen molar-refractivity contribution in [2.45, 2.75) is 53.9 Å². The first kappa shape index (κ1) is 34.7. The average Bonchev–Trinajstić information content (AvgIpc) is 3.42. The first-order valence-corrected chi connectivity index (χ1v) is 15.3. The van der Waals surface area contributed by atoms with Crippen molar-refractivity contribution < 1.29 is 0 Å². The first-order chi connectivity index (χ1) is 20.1. The summed E-state index contributed by atoms with van der Waals surface area (Å²) in [6.45, 7) is 29.7. The van der Waals surface area contributed by atoms with Crippen molar-refractivity contribution >= 4 is 17.1 Å². The molecule has 2 heterocycles. The average molecular weight is 573 g/mol. The van der Waals surface area contributed by atoms with Crippen LogP contribution in [-0.2, 0) is 0 Å². The number of nitrogens with two attached hydrogens (primary N) is 2. The molecule has 42 heavy (non-hydrogen) atoms. The molecule has 0 saturated carbocycles. The summed E-state index contributed by atoms with van der Waals surface area (Å²) in [4.78, 5) is 7.38. The first-order valence-electron chi connectivity index (χ1n) is 15.3. The number of aryl methyl sites for hydroxylation is 2. The zero-order chi connectivity index (χ0) is 31.2. The number of piperazine rings is 1. The maximum absolute atomic E-state index is 6.36. The number of rotatable bonds is 9.